The van der Waals surface area contributed by atoms with E-state index < -0.39 is 6.04 Å². The van der Waals surface area contributed by atoms with E-state index in [0.29, 0.717) is 16.5 Å². The number of fused-ring (bicyclic) bond motifs is 2. The molecule has 0 N–H and O–H groups in total. The molecule has 0 aliphatic carbocycles. The second-order valence-corrected chi connectivity index (χ2v) is 8.10. The van der Waals surface area contributed by atoms with Gasteiger partial charge in [0.05, 0.1) is 17.0 Å². The third-order valence-corrected chi connectivity index (χ3v) is 5.80. The van der Waals surface area contributed by atoms with Crippen LogP contribution in [0, 0.1) is 5.82 Å². The standard InChI is InChI=1S/C24H15BrFNO3/c25-16-8-11-19-18(12-16)22(28)20-21(15-4-2-1-3-5-15)27(24(29)23(20)30-19)13-14-6-9-17(26)10-7-14/h1-12,21H,13H2. The van der Waals surface area contributed by atoms with Gasteiger partial charge < -0.3 is 9.32 Å². The zero-order valence-electron chi connectivity index (χ0n) is 15.6. The fourth-order valence-electron chi connectivity index (χ4n) is 3.92. The largest absolute Gasteiger partial charge is 0.450 e. The average molecular weight is 464 g/mol. The smallest absolute Gasteiger partial charge is 0.291 e. The highest BCUT2D eigenvalue weighted by atomic mass is 79.9. The number of benzene rings is 3. The lowest BCUT2D eigenvalue weighted by atomic mass is 9.98. The first-order valence-electron chi connectivity index (χ1n) is 9.39. The van der Waals surface area contributed by atoms with E-state index in [2.05, 4.69) is 15.9 Å². The summed E-state index contributed by atoms with van der Waals surface area (Å²) in [5, 5.41) is 0.417. The van der Waals surface area contributed by atoms with Crippen molar-refractivity contribution >= 4 is 32.8 Å². The molecule has 1 aromatic heterocycles. The summed E-state index contributed by atoms with van der Waals surface area (Å²) in [6, 6.07) is 19.9. The maximum Gasteiger partial charge on any atom is 0.291 e. The number of nitrogens with zero attached hydrogens (tertiary/aromatic N) is 1. The molecule has 0 fully saturated rings. The molecule has 1 aliphatic rings. The Morgan fingerprint density at radius 2 is 1.70 bits per heavy atom. The van der Waals surface area contributed by atoms with E-state index in [1.807, 2.05) is 30.3 Å². The minimum atomic E-state index is -0.585. The van der Waals surface area contributed by atoms with E-state index >= 15 is 0 Å². The second-order valence-electron chi connectivity index (χ2n) is 7.19. The van der Waals surface area contributed by atoms with Crippen LogP contribution in [-0.2, 0) is 6.54 Å². The van der Waals surface area contributed by atoms with Crippen molar-refractivity contribution in [3.63, 3.8) is 0 Å². The van der Waals surface area contributed by atoms with Gasteiger partial charge in [-0.1, -0.05) is 58.4 Å². The lowest BCUT2D eigenvalue weighted by Gasteiger charge is -2.25. The van der Waals surface area contributed by atoms with Crippen LogP contribution in [0.25, 0.3) is 11.0 Å². The van der Waals surface area contributed by atoms with Gasteiger partial charge in [-0.3, -0.25) is 9.59 Å². The van der Waals surface area contributed by atoms with Gasteiger partial charge in [0.25, 0.3) is 5.91 Å². The Kier molecular flexibility index (Phi) is 4.51. The number of halogens is 2. The molecule has 3 aromatic carbocycles. The third-order valence-electron chi connectivity index (χ3n) is 5.31. The van der Waals surface area contributed by atoms with Gasteiger partial charge in [-0.15, -0.1) is 0 Å². The molecule has 148 valence electrons. The number of carbonyl (C=O) groups is 1. The number of hydrogen-bond acceptors (Lipinski definition) is 3. The van der Waals surface area contributed by atoms with E-state index in [0.717, 1.165) is 15.6 Å². The number of amides is 1. The van der Waals surface area contributed by atoms with Gasteiger partial charge in [-0.25, -0.2) is 4.39 Å². The highest BCUT2D eigenvalue weighted by molar-refractivity contribution is 9.10. The van der Waals surface area contributed by atoms with Gasteiger partial charge in [-0.2, -0.15) is 0 Å². The maximum atomic E-state index is 13.4. The van der Waals surface area contributed by atoms with E-state index in [-0.39, 0.29) is 29.5 Å². The summed E-state index contributed by atoms with van der Waals surface area (Å²) in [7, 11) is 0. The van der Waals surface area contributed by atoms with Crippen molar-refractivity contribution < 1.29 is 13.6 Å². The van der Waals surface area contributed by atoms with Crippen molar-refractivity contribution in [2.45, 2.75) is 12.6 Å². The lowest BCUT2D eigenvalue weighted by Crippen LogP contribution is -2.29. The summed E-state index contributed by atoms with van der Waals surface area (Å²) in [6.07, 6.45) is 0. The lowest BCUT2D eigenvalue weighted by molar-refractivity contribution is 0.0714. The molecule has 2 heterocycles. The molecule has 5 rings (SSSR count). The van der Waals surface area contributed by atoms with E-state index in [1.165, 1.54) is 12.1 Å². The molecule has 6 heteroatoms. The first-order valence-corrected chi connectivity index (χ1v) is 10.2. The zero-order chi connectivity index (χ0) is 20.8. The third kappa shape index (κ3) is 3.04. The molecular formula is C24H15BrFNO3. The van der Waals surface area contributed by atoms with Gasteiger partial charge in [-0.05, 0) is 41.5 Å². The van der Waals surface area contributed by atoms with E-state index in [1.54, 1.807) is 35.2 Å². The molecule has 1 unspecified atom stereocenters. The van der Waals surface area contributed by atoms with Crippen molar-refractivity contribution in [1.82, 2.24) is 4.90 Å². The summed E-state index contributed by atoms with van der Waals surface area (Å²) < 4.78 is 20.0. The molecule has 1 amide bonds. The van der Waals surface area contributed by atoms with Crippen LogP contribution in [-0.4, -0.2) is 10.8 Å². The van der Waals surface area contributed by atoms with E-state index in [9.17, 15) is 14.0 Å². The topological polar surface area (TPSA) is 50.5 Å². The second kappa shape index (κ2) is 7.22. The van der Waals surface area contributed by atoms with Gasteiger partial charge in [0.1, 0.15) is 11.4 Å². The zero-order valence-corrected chi connectivity index (χ0v) is 17.2. The van der Waals surface area contributed by atoms with Crippen LogP contribution < -0.4 is 5.43 Å². The molecular weight excluding hydrogens is 449 g/mol. The average Bonchev–Trinajstić information content (AvgIpc) is 3.03. The molecule has 4 aromatic rings. The Bertz CT molecular complexity index is 1330. The highest BCUT2D eigenvalue weighted by Gasteiger charge is 2.42. The molecule has 30 heavy (non-hydrogen) atoms. The predicted molar refractivity (Wildman–Crippen MR) is 115 cm³/mol. The van der Waals surface area contributed by atoms with Crippen molar-refractivity contribution in [2.75, 3.05) is 0 Å². The number of hydrogen-bond donors (Lipinski definition) is 0. The minimum absolute atomic E-state index is 0.0609. The van der Waals surface area contributed by atoms with Crippen LogP contribution in [0.2, 0.25) is 0 Å². The monoisotopic (exact) mass is 463 g/mol. The van der Waals surface area contributed by atoms with Crippen LogP contribution in [0.4, 0.5) is 4.39 Å². The molecule has 0 radical (unpaired) electrons. The molecule has 0 spiro atoms. The van der Waals surface area contributed by atoms with Crippen molar-refractivity contribution in [3.05, 3.63) is 116 Å². The van der Waals surface area contributed by atoms with E-state index in [4.69, 9.17) is 4.42 Å². The maximum absolute atomic E-state index is 13.4. The van der Waals surface area contributed by atoms with Crippen LogP contribution in [0.5, 0.6) is 0 Å². The Balaban J connectivity index is 1.72. The fraction of sp³-hybridized carbons (Fsp3) is 0.0833. The summed E-state index contributed by atoms with van der Waals surface area (Å²) in [4.78, 5) is 28.4. The van der Waals surface area contributed by atoms with Gasteiger partial charge in [0.15, 0.2) is 5.43 Å². The summed E-state index contributed by atoms with van der Waals surface area (Å²) in [6.45, 7) is 0.225. The predicted octanol–water partition coefficient (Wildman–Crippen LogP) is 5.44. The number of rotatable bonds is 3. The fourth-order valence-corrected chi connectivity index (χ4v) is 4.29. The molecule has 1 atom stereocenters. The molecule has 1 aliphatic heterocycles. The van der Waals surface area contributed by atoms with Crippen LogP contribution in [0.1, 0.15) is 33.3 Å². The minimum Gasteiger partial charge on any atom is -0.450 e. The quantitative estimate of drug-likeness (QED) is 0.406. The number of carbonyl (C=O) groups excluding carboxylic acids is 1. The summed E-state index contributed by atoms with van der Waals surface area (Å²) >= 11 is 3.39. The molecule has 0 saturated carbocycles. The van der Waals surface area contributed by atoms with Gasteiger partial charge in [0.2, 0.25) is 5.76 Å². The Hall–Kier alpha value is -3.25. The highest BCUT2D eigenvalue weighted by Crippen LogP contribution is 2.39. The van der Waals surface area contributed by atoms with Crippen molar-refractivity contribution in [2.24, 2.45) is 0 Å². The molecule has 0 bridgehead atoms. The Labute approximate surface area is 179 Å². The summed E-state index contributed by atoms with van der Waals surface area (Å²) in [5.74, 6) is -0.640. The van der Waals surface area contributed by atoms with Crippen LogP contribution in [0.15, 0.2) is 86.5 Å². The van der Waals surface area contributed by atoms with Gasteiger partial charge in [0, 0.05) is 11.0 Å². The van der Waals surface area contributed by atoms with Crippen molar-refractivity contribution in [1.29, 1.82) is 0 Å². The Morgan fingerprint density at radius 3 is 2.43 bits per heavy atom. The van der Waals surface area contributed by atoms with Crippen molar-refractivity contribution in [3.8, 4) is 0 Å². The summed E-state index contributed by atoms with van der Waals surface area (Å²) in [5.41, 5.74) is 2.05. The first-order chi connectivity index (χ1) is 14.5. The van der Waals surface area contributed by atoms with Crippen LogP contribution in [0.3, 0.4) is 0 Å². The van der Waals surface area contributed by atoms with Crippen LogP contribution >= 0.6 is 15.9 Å². The Morgan fingerprint density at radius 1 is 0.967 bits per heavy atom. The molecule has 4 nitrogen and oxygen atoms in total. The molecule has 0 saturated heterocycles. The SMILES string of the molecule is O=C1c2oc3ccc(Br)cc3c(=O)c2C(c2ccccc2)N1Cc1ccc(F)cc1. The normalized spacial score (nSPS) is 15.6. The van der Waals surface area contributed by atoms with Gasteiger partial charge >= 0.3 is 0 Å². The first kappa shape index (κ1) is 18.8.